The summed E-state index contributed by atoms with van der Waals surface area (Å²) >= 11 is 0. The zero-order valence-corrected chi connectivity index (χ0v) is 16.9. The molecule has 0 unspecified atom stereocenters. The highest BCUT2D eigenvalue weighted by Crippen LogP contribution is 2.28. The van der Waals surface area contributed by atoms with Gasteiger partial charge in [0.15, 0.2) is 0 Å². The van der Waals surface area contributed by atoms with Crippen LogP contribution in [0, 0.1) is 12.8 Å². The van der Waals surface area contributed by atoms with Crippen LogP contribution in [-0.2, 0) is 17.8 Å². The summed E-state index contributed by atoms with van der Waals surface area (Å²) in [6, 6.07) is 16.8. The van der Waals surface area contributed by atoms with Gasteiger partial charge >= 0.3 is 0 Å². The van der Waals surface area contributed by atoms with Gasteiger partial charge in [-0.25, -0.2) is 4.98 Å². The van der Waals surface area contributed by atoms with Gasteiger partial charge in [0.2, 0.25) is 5.91 Å². The Kier molecular flexibility index (Phi) is 5.47. The number of aryl methyl sites for hydroxylation is 3. The first-order chi connectivity index (χ1) is 13.6. The second kappa shape index (κ2) is 8.17. The average molecular weight is 376 g/mol. The highest BCUT2D eigenvalue weighted by molar-refractivity contribution is 5.96. The third-order valence-corrected chi connectivity index (χ3v) is 6.06. The number of hydrogen-bond donors (Lipinski definition) is 0. The van der Waals surface area contributed by atoms with E-state index in [0.29, 0.717) is 0 Å². The van der Waals surface area contributed by atoms with E-state index in [9.17, 15) is 4.79 Å². The maximum atomic E-state index is 12.9. The molecule has 28 heavy (non-hydrogen) atoms. The Morgan fingerprint density at radius 1 is 1.11 bits per heavy atom. The molecular formula is C24H29N3O. The first-order valence-corrected chi connectivity index (χ1v) is 10.4. The van der Waals surface area contributed by atoms with Gasteiger partial charge in [-0.3, -0.25) is 4.79 Å². The maximum Gasteiger partial charge on any atom is 0.229 e. The van der Waals surface area contributed by atoms with E-state index in [1.807, 2.05) is 18.0 Å². The largest absolute Gasteiger partial charge is 0.328 e. The minimum Gasteiger partial charge on any atom is -0.328 e. The highest BCUT2D eigenvalue weighted by atomic mass is 16.2. The number of nitrogens with zero attached hydrogens (tertiary/aromatic N) is 3. The van der Waals surface area contributed by atoms with Crippen LogP contribution in [0.3, 0.4) is 0 Å². The van der Waals surface area contributed by atoms with Gasteiger partial charge < -0.3 is 9.47 Å². The summed E-state index contributed by atoms with van der Waals surface area (Å²) < 4.78 is 2.27. The molecule has 4 heteroatoms. The van der Waals surface area contributed by atoms with Gasteiger partial charge in [0.25, 0.3) is 0 Å². The van der Waals surface area contributed by atoms with E-state index in [1.54, 1.807) is 0 Å². The molecule has 1 aromatic heterocycles. The van der Waals surface area contributed by atoms with Gasteiger partial charge in [0.05, 0.1) is 11.0 Å². The minimum atomic E-state index is 0.180. The number of imidazole rings is 1. The molecule has 0 radical (unpaired) electrons. The molecule has 4 rings (SSSR count). The Bertz CT molecular complexity index is 955. The molecule has 1 saturated carbocycles. The van der Waals surface area contributed by atoms with Crippen LogP contribution in [0.4, 0.5) is 5.69 Å². The second-order valence-corrected chi connectivity index (χ2v) is 7.95. The molecule has 146 valence electrons. The van der Waals surface area contributed by atoms with Crippen molar-refractivity contribution in [1.29, 1.82) is 0 Å². The first kappa shape index (κ1) is 18.7. The molecule has 0 atom stereocenters. The highest BCUT2D eigenvalue weighted by Gasteiger charge is 2.25. The third-order valence-electron chi connectivity index (χ3n) is 6.06. The summed E-state index contributed by atoms with van der Waals surface area (Å²) in [6.45, 7) is 2.96. The van der Waals surface area contributed by atoms with Crippen LogP contribution >= 0.6 is 0 Å². The molecule has 0 bridgehead atoms. The summed E-state index contributed by atoms with van der Waals surface area (Å²) in [5.41, 5.74) is 4.37. The van der Waals surface area contributed by atoms with Crippen LogP contribution in [0.25, 0.3) is 11.0 Å². The fourth-order valence-electron chi connectivity index (χ4n) is 4.37. The van der Waals surface area contributed by atoms with Gasteiger partial charge in [-0.15, -0.1) is 0 Å². The van der Waals surface area contributed by atoms with Crippen molar-refractivity contribution >= 4 is 22.6 Å². The number of fused-ring (bicyclic) bond motifs is 1. The molecular weight excluding hydrogens is 346 g/mol. The third kappa shape index (κ3) is 3.82. The second-order valence-electron chi connectivity index (χ2n) is 7.95. The van der Waals surface area contributed by atoms with Crippen LogP contribution in [0.15, 0.2) is 48.5 Å². The summed E-state index contributed by atoms with van der Waals surface area (Å²) in [6.07, 6.45) is 6.65. The summed E-state index contributed by atoms with van der Waals surface area (Å²) in [5.74, 6) is 1.45. The monoisotopic (exact) mass is 375 g/mol. The Hall–Kier alpha value is -2.62. The Morgan fingerprint density at radius 2 is 1.86 bits per heavy atom. The first-order valence-electron chi connectivity index (χ1n) is 10.4. The van der Waals surface area contributed by atoms with Crippen molar-refractivity contribution < 1.29 is 4.79 Å². The molecule has 4 nitrogen and oxygen atoms in total. The fraction of sp³-hybridized carbons (Fsp3) is 0.417. The Labute approximate surface area is 167 Å². The number of carbonyl (C=O) groups is 1. The summed E-state index contributed by atoms with van der Waals surface area (Å²) in [4.78, 5) is 19.5. The average Bonchev–Trinajstić information content (AvgIpc) is 3.06. The van der Waals surface area contributed by atoms with E-state index in [2.05, 4.69) is 54.0 Å². The van der Waals surface area contributed by atoms with E-state index < -0.39 is 0 Å². The predicted octanol–water partition coefficient (Wildman–Crippen LogP) is 5.13. The van der Waals surface area contributed by atoms with Gasteiger partial charge in [-0.1, -0.05) is 49.6 Å². The molecule has 3 aromatic rings. The molecule has 1 aliphatic rings. The van der Waals surface area contributed by atoms with Crippen molar-refractivity contribution in [2.75, 3.05) is 11.9 Å². The standard InChI is InChI=1S/C24H29N3O/c1-18-25-22-17-21(26(2)24(28)20-11-7-4-8-12-20)13-14-23(22)27(18)16-15-19-9-5-3-6-10-19/h3,5-6,9-10,13-14,17,20H,4,7-8,11-12,15-16H2,1-2H3. The molecule has 1 amide bonds. The van der Waals surface area contributed by atoms with E-state index in [0.717, 1.165) is 48.4 Å². The van der Waals surface area contributed by atoms with Crippen LogP contribution in [0.5, 0.6) is 0 Å². The minimum absolute atomic E-state index is 0.180. The van der Waals surface area contributed by atoms with Crippen molar-refractivity contribution in [2.45, 2.75) is 52.0 Å². The van der Waals surface area contributed by atoms with Crippen molar-refractivity contribution in [1.82, 2.24) is 9.55 Å². The van der Waals surface area contributed by atoms with Crippen LogP contribution < -0.4 is 4.90 Å². The van der Waals surface area contributed by atoms with Crippen molar-refractivity contribution in [3.05, 3.63) is 59.9 Å². The number of aromatic nitrogens is 2. The zero-order valence-electron chi connectivity index (χ0n) is 16.9. The maximum absolute atomic E-state index is 12.9. The van der Waals surface area contributed by atoms with Crippen LogP contribution in [0.1, 0.15) is 43.5 Å². The lowest BCUT2D eigenvalue weighted by atomic mass is 9.88. The van der Waals surface area contributed by atoms with E-state index in [4.69, 9.17) is 4.98 Å². The lowest BCUT2D eigenvalue weighted by Gasteiger charge is -2.26. The van der Waals surface area contributed by atoms with E-state index in [1.165, 1.54) is 24.8 Å². The summed E-state index contributed by atoms with van der Waals surface area (Å²) in [5, 5.41) is 0. The molecule has 0 spiro atoms. The predicted molar refractivity (Wildman–Crippen MR) is 115 cm³/mol. The smallest absolute Gasteiger partial charge is 0.229 e. The van der Waals surface area contributed by atoms with E-state index in [-0.39, 0.29) is 11.8 Å². The number of hydrogen-bond acceptors (Lipinski definition) is 2. The Morgan fingerprint density at radius 3 is 2.61 bits per heavy atom. The van der Waals surface area contributed by atoms with Crippen molar-refractivity contribution in [3.63, 3.8) is 0 Å². The van der Waals surface area contributed by atoms with Crippen LogP contribution in [0.2, 0.25) is 0 Å². The lowest BCUT2D eigenvalue weighted by Crippen LogP contribution is -2.33. The van der Waals surface area contributed by atoms with Gasteiger partial charge in [-0.2, -0.15) is 0 Å². The number of carbonyl (C=O) groups excluding carboxylic acids is 1. The fourth-order valence-corrected chi connectivity index (χ4v) is 4.37. The molecule has 1 heterocycles. The summed E-state index contributed by atoms with van der Waals surface area (Å²) in [7, 11) is 1.90. The Balaban J connectivity index is 1.53. The lowest BCUT2D eigenvalue weighted by molar-refractivity contribution is -0.123. The number of anilines is 1. The van der Waals surface area contributed by atoms with Gasteiger partial charge in [0.1, 0.15) is 5.82 Å². The number of amides is 1. The molecule has 0 N–H and O–H groups in total. The number of benzene rings is 2. The van der Waals surface area contributed by atoms with Crippen molar-refractivity contribution in [3.8, 4) is 0 Å². The van der Waals surface area contributed by atoms with Gasteiger partial charge in [0, 0.05) is 25.2 Å². The van der Waals surface area contributed by atoms with Gasteiger partial charge in [-0.05, 0) is 49.9 Å². The zero-order chi connectivity index (χ0) is 19.5. The quantitative estimate of drug-likeness (QED) is 0.620. The molecule has 1 fully saturated rings. The molecule has 2 aromatic carbocycles. The van der Waals surface area contributed by atoms with Crippen molar-refractivity contribution in [2.24, 2.45) is 5.92 Å². The van der Waals surface area contributed by atoms with E-state index >= 15 is 0 Å². The molecule has 1 aliphatic carbocycles. The van der Waals surface area contributed by atoms with Crippen LogP contribution in [-0.4, -0.2) is 22.5 Å². The topological polar surface area (TPSA) is 38.1 Å². The molecule has 0 aliphatic heterocycles. The number of rotatable bonds is 5. The molecule has 0 saturated heterocycles. The SMILES string of the molecule is Cc1nc2cc(N(C)C(=O)C3CCCCC3)ccc2n1CCc1ccccc1. The normalized spacial score (nSPS) is 15.1.